The van der Waals surface area contributed by atoms with Gasteiger partial charge in [-0.25, -0.2) is 15.0 Å². The molecule has 1 N–H and O–H groups in total. The molecule has 0 saturated carbocycles. The molecule has 0 aliphatic carbocycles. The fourth-order valence-electron chi connectivity index (χ4n) is 1.82. The molecule has 20 heavy (non-hydrogen) atoms. The van der Waals surface area contributed by atoms with Gasteiger partial charge in [0.05, 0.1) is 0 Å². The molecule has 0 aliphatic heterocycles. The Morgan fingerprint density at radius 3 is 2.35 bits per heavy atom. The minimum absolute atomic E-state index is 0.522. The molecular formula is C14H11BrN4O. The quantitative estimate of drug-likeness (QED) is 0.801. The molecule has 0 bridgehead atoms. The number of aromatic nitrogens is 4. The van der Waals surface area contributed by atoms with E-state index in [0.717, 1.165) is 10.0 Å². The van der Waals surface area contributed by atoms with E-state index in [1.54, 1.807) is 35.7 Å². The van der Waals surface area contributed by atoms with Crippen molar-refractivity contribution < 1.29 is 5.11 Å². The van der Waals surface area contributed by atoms with Gasteiger partial charge in [-0.3, -0.25) is 4.57 Å². The molecular weight excluding hydrogens is 320 g/mol. The zero-order chi connectivity index (χ0) is 13.9. The lowest BCUT2D eigenvalue weighted by Crippen LogP contribution is -2.04. The van der Waals surface area contributed by atoms with Crippen LogP contribution in [0.15, 0.2) is 59.9 Å². The van der Waals surface area contributed by atoms with Gasteiger partial charge in [-0.2, -0.15) is 0 Å². The highest BCUT2D eigenvalue weighted by Crippen LogP contribution is 2.22. The van der Waals surface area contributed by atoms with Crippen LogP contribution in [0.4, 0.5) is 0 Å². The molecule has 1 atom stereocenters. The Kier molecular flexibility index (Phi) is 3.58. The summed E-state index contributed by atoms with van der Waals surface area (Å²) in [6.07, 6.45) is 7.55. The van der Waals surface area contributed by atoms with E-state index in [4.69, 9.17) is 0 Å². The van der Waals surface area contributed by atoms with Crippen LogP contribution in [0.25, 0.3) is 5.95 Å². The number of imidazole rings is 1. The second kappa shape index (κ2) is 5.52. The summed E-state index contributed by atoms with van der Waals surface area (Å²) < 4.78 is 2.68. The molecule has 0 aliphatic rings. The van der Waals surface area contributed by atoms with Gasteiger partial charge in [0, 0.05) is 34.8 Å². The first-order valence-electron chi connectivity index (χ1n) is 5.98. The third-order valence-corrected chi connectivity index (χ3v) is 3.42. The van der Waals surface area contributed by atoms with E-state index < -0.39 is 6.10 Å². The third kappa shape index (κ3) is 2.61. The maximum absolute atomic E-state index is 10.3. The molecule has 2 heterocycles. The van der Waals surface area contributed by atoms with Gasteiger partial charge in [0.15, 0.2) is 0 Å². The molecule has 6 heteroatoms. The van der Waals surface area contributed by atoms with Crippen LogP contribution in [-0.4, -0.2) is 24.6 Å². The Hall–Kier alpha value is -2.05. The summed E-state index contributed by atoms with van der Waals surface area (Å²) in [4.78, 5) is 12.4. The Morgan fingerprint density at radius 2 is 1.75 bits per heavy atom. The first kappa shape index (κ1) is 13.0. The number of hydrogen-bond acceptors (Lipinski definition) is 4. The predicted molar refractivity (Wildman–Crippen MR) is 77.4 cm³/mol. The topological polar surface area (TPSA) is 63.8 Å². The van der Waals surface area contributed by atoms with Crippen LogP contribution >= 0.6 is 15.9 Å². The van der Waals surface area contributed by atoms with Crippen molar-refractivity contribution >= 4 is 15.9 Å². The zero-order valence-corrected chi connectivity index (χ0v) is 12.0. The van der Waals surface area contributed by atoms with Crippen molar-refractivity contribution in [2.75, 3.05) is 0 Å². The number of rotatable bonds is 3. The fraction of sp³-hybridized carbons (Fsp3) is 0.0714. The summed E-state index contributed by atoms with van der Waals surface area (Å²) in [5, 5.41) is 10.3. The first-order valence-corrected chi connectivity index (χ1v) is 6.77. The fourth-order valence-corrected chi connectivity index (χ4v) is 2.09. The highest BCUT2D eigenvalue weighted by atomic mass is 79.9. The summed E-state index contributed by atoms with van der Waals surface area (Å²) in [6, 6.07) is 7.50. The molecule has 0 saturated heterocycles. The van der Waals surface area contributed by atoms with Crippen molar-refractivity contribution in [1.29, 1.82) is 0 Å². The Labute approximate surface area is 124 Å². The molecule has 0 amide bonds. The van der Waals surface area contributed by atoms with Crippen LogP contribution in [0, 0.1) is 0 Å². The van der Waals surface area contributed by atoms with E-state index in [2.05, 4.69) is 30.9 Å². The van der Waals surface area contributed by atoms with Gasteiger partial charge < -0.3 is 5.11 Å². The summed E-state index contributed by atoms with van der Waals surface area (Å²) in [5.74, 6) is 0.522. The smallest absolute Gasteiger partial charge is 0.234 e. The monoisotopic (exact) mass is 330 g/mol. The van der Waals surface area contributed by atoms with Crippen molar-refractivity contribution in [2.24, 2.45) is 0 Å². The maximum Gasteiger partial charge on any atom is 0.234 e. The first-order chi connectivity index (χ1) is 9.74. The highest BCUT2D eigenvalue weighted by molar-refractivity contribution is 9.10. The van der Waals surface area contributed by atoms with E-state index >= 15 is 0 Å². The van der Waals surface area contributed by atoms with Gasteiger partial charge in [0.25, 0.3) is 0 Å². The largest absolute Gasteiger partial charge is 0.384 e. The number of nitrogens with zero attached hydrogens (tertiary/aromatic N) is 4. The Bertz CT molecular complexity index is 680. The molecule has 5 nitrogen and oxygen atoms in total. The van der Waals surface area contributed by atoms with Crippen molar-refractivity contribution in [3.63, 3.8) is 0 Å². The van der Waals surface area contributed by atoms with Gasteiger partial charge in [-0.15, -0.1) is 0 Å². The van der Waals surface area contributed by atoms with E-state index in [9.17, 15) is 5.11 Å². The van der Waals surface area contributed by atoms with Gasteiger partial charge in [-0.05, 0) is 17.7 Å². The zero-order valence-electron chi connectivity index (χ0n) is 10.4. The summed E-state index contributed by atoms with van der Waals surface area (Å²) in [6.45, 7) is 0. The minimum Gasteiger partial charge on any atom is -0.384 e. The molecule has 3 rings (SSSR count). The summed E-state index contributed by atoms with van der Waals surface area (Å²) in [5.41, 5.74) is 1.45. The van der Waals surface area contributed by atoms with E-state index in [-0.39, 0.29) is 0 Å². The van der Waals surface area contributed by atoms with E-state index in [0.29, 0.717) is 11.5 Å². The average molecular weight is 331 g/mol. The van der Waals surface area contributed by atoms with E-state index in [1.165, 1.54) is 0 Å². The number of benzene rings is 1. The molecule has 0 fully saturated rings. The van der Waals surface area contributed by atoms with Crippen molar-refractivity contribution in [2.45, 2.75) is 6.10 Å². The van der Waals surface area contributed by atoms with Crippen molar-refractivity contribution in [3.05, 3.63) is 71.0 Å². The van der Waals surface area contributed by atoms with E-state index in [1.807, 2.05) is 24.3 Å². The lowest BCUT2D eigenvalue weighted by molar-refractivity contribution is 0.219. The predicted octanol–water partition coefficient (Wildman–Crippen LogP) is 2.51. The van der Waals surface area contributed by atoms with Gasteiger partial charge in [-0.1, -0.05) is 28.1 Å². The standard InChI is InChI=1S/C14H11BrN4O/c15-12-3-1-10(2-4-12)13(20)11-7-17-14(18-8-11)19-6-5-16-9-19/h1-9,13,20H. The van der Waals surface area contributed by atoms with Crippen LogP contribution in [0.2, 0.25) is 0 Å². The van der Waals surface area contributed by atoms with Gasteiger partial charge in [0.1, 0.15) is 12.4 Å². The molecule has 1 aromatic carbocycles. The second-order valence-electron chi connectivity index (χ2n) is 4.24. The molecule has 0 radical (unpaired) electrons. The van der Waals surface area contributed by atoms with Crippen LogP contribution in [-0.2, 0) is 0 Å². The molecule has 100 valence electrons. The van der Waals surface area contributed by atoms with Crippen molar-refractivity contribution in [1.82, 2.24) is 19.5 Å². The van der Waals surface area contributed by atoms with Gasteiger partial charge >= 0.3 is 0 Å². The Balaban J connectivity index is 1.85. The number of aliphatic hydroxyl groups excluding tert-OH is 1. The molecule has 1 unspecified atom stereocenters. The van der Waals surface area contributed by atoms with Crippen LogP contribution in [0.1, 0.15) is 17.2 Å². The van der Waals surface area contributed by atoms with Crippen molar-refractivity contribution in [3.8, 4) is 5.95 Å². The molecule has 3 aromatic rings. The number of aliphatic hydroxyl groups is 1. The molecule has 0 spiro atoms. The SMILES string of the molecule is OC(c1ccc(Br)cc1)c1cnc(-n2ccnc2)nc1. The van der Waals surface area contributed by atoms with Crippen LogP contribution < -0.4 is 0 Å². The highest BCUT2D eigenvalue weighted by Gasteiger charge is 2.11. The summed E-state index contributed by atoms with van der Waals surface area (Å²) in [7, 11) is 0. The lowest BCUT2D eigenvalue weighted by Gasteiger charge is -2.11. The third-order valence-electron chi connectivity index (χ3n) is 2.90. The number of halogens is 1. The van der Waals surface area contributed by atoms with Crippen LogP contribution in [0.5, 0.6) is 0 Å². The normalized spacial score (nSPS) is 12.3. The summed E-state index contributed by atoms with van der Waals surface area (Å²) >= 11 is 3.37. The van der Waals surface area contributed by atoms with Gasteiger partial charge in [0.2, 0.25) is 5.95 Å². The minimum atomic E-state index is -0.736. The molecule has 2 aromatic heterocycles. The average Bonchev–Trinajstić information content (AvgIpc) is 3.02. The lowest BCUT2D eigenvalue weighted by atomic mass is 10.0. The van der Waals surface area contributed by atoms with Crippen LogP contribution in [0.3, 0.4) is 0 Å². The second-order valence-corrected chi connectivity index (χ2v) is 5.16. The maximum atomic E-state index is 10.3. The Morgan fingerprint density at radius 1 is 1.05 bits per heavy atom. The number of hydrogen-bond donors (Lipinski definition) is 1.